The molecule has 0 aromatic heterocycles. The average Bonchev–Trinajstić information content (AvgIpc) is 2.55. The fraction of sp³-hybridized carbons (Fsp3) is 0.611. The summed E-state index contributed by atoms with van der Waals surface area (Å²) in [6.07, 6.45) is 2.51. The second-order valence-electron chi connectivity index (χ2n) is 6.40. The molecule has 0 aliphatic carbocycles. The zero-order valence-corrected chi connectivity index (χ0v) is 14.5. The molecule has 5 heteroatoms. The molecule has 1 atom stereocenters. The van der Waals surface area contributed by atoms with Gasteiger partial charge in [-0.3, -0.25) is 4.79 Å². The Bertz CT molecular complexity index is 490. The zero-order chi connectivity index (χ0) is 16.7. The van der Waals surface area contributed by atoms with Crippen molar-refractivity contribution in [2.24, 2.45) is 0 Å². The topological polar surface area (TPSA) is 44.8 Å². The summed E-state index contributed by atoms with van der Waals surface area (Å²) in [7, 11) is 5.90. The number of hydrogen-bond acceptors (Lipinski definition) is 4. The van der Waals surface area contributed by atoms with Crippen LogP contribution < -0.4 is 10.1 Å². The number of rotatable bonds is 7. The van der Waals surface area contributed by atoms with Crippen molar-refractivity contribution in [3.05, 3.63) is 29.8 Å². The minimum atomic E-state index is 0.159. The van der Waals surface area contributed by atoms with Crippen LogP contribution in [0.15, 0.2) is 24.3 Å². The first-order chi connectivity index (χ1) is 11.1. The number of ether oxygens (including phenoxy) is 1. The fourth-order valence-corrected chi connectivity index (χ4v) is 2.92. The predicted molar refractivity (Wildman–Crippen MR) is 92.9 cm³/mol. The maximum atomic E-state index is 12.1. The van der Waals surface area contributed by atoms with Crippen LogP contribution >= 0.6 is 0 Å². The lowest BCUT2D eigenvalue weighted by molar-refractivity contribution is -0.122. The summed E-state index contributed by atoms with van der Waals surface area (Å²) in [5.74, 6) is 1.04. The molecule has 1 aromatic carbocycles. The van der Waals surface area contributed by atoms with Crippen LogP contribution in [0.3, 0.4) is 0 Å². The van der Waals surface area contributed by atoms with Crippen LogP contribution in [0.2, 0.25) is 0 Å². The molecular formula is C18H29N3O2. The van der Waals surface area contributed by atoms with Crippen molar-refractivity contribution in [3.8, 4) is 5.75 Å². The quantitative estimate of drug-likeness (QED) is 0.771. The second-order valence-corrected chi connectivity index (χ2v) is 6.40. The molecular weight excluding hydrogens is 290 g/mol. The molecule has 1 heterocycles. The van der Waals surface area contributed by atoms with E-state index in [1.807, 2.05) is 12.1 Å². The molecule has 1 fully saturated rings. The standard InChI is InChI=1S/C18H29N3O2/c1-20-11-12-21(2)16(14-20)13-18(22)19-10-4-5-15-6-8-17(23-3)9-7-15/h6-9,16H,4-5,10-14H2,1-3H3,(H,19,22)/t16-/m1/s1. The number of carbonyl (C=O) groups excluding carboxylic acids is 1. The number of methoxy groups -OCH3 is 1. The number of piperazine rings is 1. The van der Waals surface area contributed by atoms with E-state index in [2.05, 4.69) is 41.3 Å². The van der Waals surface area contributed by atoms with Crippen LogP contribution in [0.5, 0.6) is 5.75 Å². The highest BCUT2D eigenvalue weighted by molar-refractivity contribution is 5.76. The van der Waals surface area contributed by atoms with Crippen molar-refractivity contribution < 1.29 is 9.53 Å². The molecule has 1 aliphatic heterocycles. The van der Waals surface area contributed by atoms with E-state index < -0.39 is 0 Å². The highest BCUT2D eigenvalue weighted by Crippen LogP contribution is 2.12. The molecule has 23 heavy (non-hydrogen) atoms. The van der Waals surface area contributed by atoms with Gasteiger partial charge in [-0.1, -0.05) is 12.1 Å². The van der Waals surface area contributed by atoms with Gasteiger partial charge in [0.1, 0.15) is 5.75 Å². The van der Waals surface area contributed by atoms with Gasteiger partial charge in [0.2, 0.25) is 5.91 Å². The summed E-state index contributed by atoms with van der Waals surface area (Å²) in [5, 5.41) is 3.05. The summed E-state index contributed by atoms with van der Waals surface area (Å²) in [5.41, 5.74) is 1.27. The summed E-state index contributed by atoms with van der Waals surface area (Å²) >= 11 is 0. The van der Waals surface area contributed by atoms with Gasteiger partial charge in [0.15, 0.2) is 0 Å². The molecule has 1 saturated heterocycles. The highest BCUT2D eigenvalue weighted by atomic mass is 16.5. The Balaban J connectivity index is 1.64. The van der Waals surface area contributed by atoms with E-state index in [0.717, 1.165) is 44.8 Å². The van der Waals surface area contributed by atoms with Gasteiger partial charge in [0, 0.05) is 38.6 Å². The molecule has 1 amide bonds. The Labute approximate surface area is 139 Å². The third-order valence-corrected chi connectivity index (χ3v) is 4.52. The third-order valence-electron chi connectivity index (χ3n) is 4.52. The SMILES string of the molecule is COc1ccc(CCCNC(=O)C[C@@H]2CN(C)CCN2C)cc1. The minimum Gasteiger partial charge on any atom is -0.497 e. The first kappa shape index (κ1) is 17.8. The molecule has 0 radical (unpaired) electrons. The van der Waals surface area contributed by atoms with E-state index in [1.165, 1.54) is 5.56 Å². The van der Waals surface area contributed by atoms with Crippen LogP contribution in [0.25, 0.3) is 0 Å². The maximum absolute atomic E-state index is 12.1. The van der Waals surface area contributed by atoms with Crippen LogP contribution in [0.1, 0.15) is 18.4 Å². The van der Waals surface area contributed by atoms with Gasteiger partial charge in [0.05, 0.1) is 7.11 Å². The Morgan fingerprint density at radius 2 is 2.00 bits per heavy atom. The first-order valence-electron chi connectivity index (χ1n) is 8.37. The van der Waals surface area contributed by atoms with Crippen LogP contribution in [0, 0.1) is 0 Å². The molecule has 0 unspecified atom stereocenters. The lowest BCUT2D eigenvalue weighted by Gasteiger charge is -2.37. The minimum absolute atomic E-state index is 0.159. The number of likely N-dealkylation sites (N-methyl/N-ethyl adjacent to an activating group) is 2. The van der Waals surface area contributed by atoms with E-state index in [4.69, 9.17) is 4.74 Å². The molecule has 2 rings (SSSR count). The van der Waals surface area contributed by atoms with Crippen LogP contribution in [-0.2, 0) is 11.2 Å². The van der Waals surface area contributed by atoms with Gasteiger partial charge in [-0.2, -0.15) is 0 Å². The first-order valence-corrected chi connectivity index (χ1v) is 8.37. The van der Waals surface area contributed by atoms with Crippen molar-refractivity contribution in [2.75, 3.05) is 47.4 Å². The lowest BCUT2D eigenvalue weighted by Crippen LogP contribution is -2.51. The monoisotopic (exact) mass is 319 g/mol. The van der Waals surface area contributed by atoms with Crippen LogP contribution in [-0.4, -0.2) is 69.1 Å². The summed E-state index contributed by atoms with van der Waals surface area (Å²) in [6.45, 7) is 3.81. The van der Waals surface area contributed by atoms with E-state index in [9.17, 15) is 4.79 Å². The fourth-order valence-electron chi connectivity index (χ4n) is 2.92. The molecule has 1 N–H and O–H groups in total. The van der Waals surface area contributed by atoms with Gasteiger partial charge >= 0.3 is 0 Å². The number of aryl methyl sites for hydroxylation is 1. The number of amides is 1. The predicted octanol–water partition coefficient (Wildman–Crippen LogP) is 1.38. The number of benzene rings is 1. The van der Waals surface area contributed by atoms with Gasteiger partial charge in [-0.15, -0.1) is 0 Å². The number of carbonyl (C=O) groups is 1. The number of nitrogens with zero attached hydrogens (tertiary/aromatic N) is 2. The van der Waals surface area contributed by atoms with Gasteiger partial charge in [-0.25, -0.2) is 0 Å². The normalized spacial score (nSPS) is 19.5. The lowest BCUT2D eigenvalue weighted by atomic mass is 10.1. The molecule has 0 spiro atoms. The van der Waals surface area contributed by atoms with Crippen molar-refractivity contribution in [1.29, 1.82) is 0 Å². The van der Waals surface area contributed by atoms with E-state index in [0.29, 0.717) is 12.5 Å². The smallest absolute Gasteiger partial charge is 0.221 e. The molecule has 1 aromatic rings. The van der Waals surface area contributed by atoms with Gasteiger partial charge in [-0.05, 0) is 44.6 Å². The highest BCUT2D eigenvalue weighted by Gasteiger charge is 2.24. The molecule has 0 saturated carbocycles. The summed E-state index contributed by atoms with van der Waals surface area (Å²) in [6, 6.07) is 8.43. The van der Waals surface area contributed by atoms with Crippen molar-refractivity contribution in [3.63, 3.8) is 0 Å². The van der Waals surface area contributed by atoms with Crippen molar-refractivity contribution in [2.45, 2.75) is 25.3 Å². The maximum Gasteiger partial charge on any atom is 0.221 e. The Morgan fingerprint density at radius 1 is 1.26 bits per heavy atom. The van der Waals surface area contributed by atoms with E-state index in [1.54, 1.807) is 7.11 Å². The second kappa shape index (κ2) is 8.89. The van der Waals surface area contributed by atoms with Crippen molar-refractivity contribution >= 4 is 5.91 Å². The largest absolute Gasteiger partial charge is 0.497 e. The number of nitrogens with one attached hydrogen (secondary N) is 1. The van der Waals surface area contributed by atoms with Gasteiger partial charge in [0.25, 0.3) is 0 Å². The molecule has 128 valence electrons. The Hall–Kier alpha value is -1.59. The van der Waals surface area contributed by atoms with Crippen LogP contribution in [0.4, 0.5) is 0 Å². The number of hydrogen-bond donors (Lipinski definition) is 1. The Kier molecular flexibility index (Phi) is 6.86. The Morgan fingerprint density at radius 3 is 2.70 bits per heavy atom. The molecule has 1 aliphatic rings. The van der Waals surface area contributed by atoms with Crippen molar-refractivity contribution in [1.82, 2.24) is 15.1 Å². The zero-order valence-electron chi connectivity index (χ0n) is 14.5. The van der Waals surface area contributed by atoms with E-state index in [-0.39, 0.29) is 5.91 Å². The summed E-state index contributed by atoms with van der Waals surface area (Å²) in [4.78, 5) is 16.7. The molecule has 5 nitrogen and oxygen atoms in total. The van der Waals surface area contributed by atoms with Gasteiger partial charge < -0.3 is 19.9 Å². The molecule has 0 bridgehead atoms. The average molecular weight is 319 g/mol. The van der Waals surface area contributed by atoms with E-state index >= 15 is 0 Å². The third kappa shape index (κ3) is 5.84. The summed E-state index contributed by atoms with van der Waals surface area (Å²) < 4.78 is 5.15.